The van der Waals surface area contributed by atoms with Crippen molar-refractivity contribution in [3.63, 3.8) is 0 Å². The second-order valence-electron chi connectivity index (χ2n) is 20.2. The molecule has 442 valence electrons. The topological polar surface area (TPSA) is 78.9 Å². The molecule has 0 saturated carbocycles. The number of allylic oxidation sites excluding steroid dienone is 28. The van der Waals surface area contributed by atoms with E-state index >= 15 is 0 Å². The van der Waals surface area contributed by atoms with E-state index < -0.39 is 12.1 Å². The van der Waals surface area contributed by atoms with Gasteiger partial charge in [0.2, 0.25) is 0 Å². The minimum absolute atomic E-state index is 0.120. The van der Waals surface area contributed by atoms with Crippen LogP contribution in [0.15, 0.2) is 170 Å². The summed E-state index contributed by atoms with van der Waals surface area (Å²) in [6.07, 6.45) is 96.7. The molecule has 0 aliphatic carbocycles. The first-order valence-corrected chi connectivity index (χ1v) is 31.6. The average Bonchev–Trinajstić information content (AvgIpc) is 3.45. The molecule has 0 fully saturated rings. The van der Waals surface area contributed by atoms with Crippen molar-refractivity contribution in [2.45, 2.75) is 258 Å². The van der Waals surface area contributed by atoms with Crippen LogP contribution in [0.1, 0.15) is 252 Å². The monoisotopic (exact) mass is 1090 g/mol. The maximum atomic E-state index is 12.8. The third kappa shape index (κ3) is 63.5. The molecule has 0 aromatic heterocycles. The fraction of sp³-hybridized carbons (Fsp3) is 0.575. The smallest absolute Gasteiger partial charge is 0.306 e. The van der Waals surface area contributed by atoms with Gasteiger partial charge in [-0.25, -0.2) is 0 Å². The van der Waals surface area contributed by atoms with Gasteiger partial charge in [-0.3, -0.25) is 14.4 Å². The van der Waals surface area contributed by atoms with Crippen LogP contribution in [0.4, 0.5) is 0 Å². The summed E-state index contributed by atoms with van der Waals surface area (Å²) < 4.78 is 16.8. The van der Waals surface area contributed by atoms with Gasteiger partial charge in [-0.15, -0.1) is 0 Å². The Morgan fingerprint density at radius 3 is 0.823 bits per heavy atom. The highest BCUT2D eigenvalue weighted by Crippen LogP contribution is 2.14. The third-order valence-electron chi connectivity index (χ3n) is 12.7. The van der Waals surface area contributed by atoms with Gasteiger partial charge in [-0.1, -0.05) is 268 Å². The largest absolute Gasteiger partial charge is 0.462 e. The summed E-state index contributed by atoms with van der Waals surface area (Å²) in [4.78, 5) is 38.1. The highest BCUT2D eigenvalue weighted by molar-refractivity contribution is 5.71. The lowest BCUT2D eigenvalue weighted by Gasteiger charge is -2.18. The van der Waals surface area contributed by atoms with Gasteiger partial charge in [0.25, 0.3) is 0 Å². The summed E-state index contributed by atoms with van der Waals surface area (Å²) >= 11 is 0. The van der Waals surface area contributed by atoms with E-state index in [-0.39, 0.29) is 31.6 Å². The number of unbranched alkanes of at least 4 members (excludes halogenated alkanes) is 16. The zero-order valence-corrected chi connectivity index (χ0v) is 50.6. The van der Waals surface area contributed by atoms with E-state index in [2.05, 4.69) is 179 Å². The van der Waals surface area contributed by atoms with Crippen molar-refractivity contribution in [2.24, 2.45) is 0 Å². The normalized spacial score (nSPS) is 13.3. The van der Waals surface area contributed by atoms with Crippen molar-refractivity contribution >= 4 is 17.9 Å². The number of ether oxygens (including phenoxy) is 3. The number of esters is 3. The van der Waals surface area contributed by atoms with Crippen molar-refractivity contribution in [1.29, 1.82) is 0 Å². The highest BCUT2D eigenvalue weighted by atomic mass is 16.6. The van der Waals surface area contributed by atoms with E-state index in [9.17, 15) is 14.4 Å². The van der Waals surface area contributed by atoms with Gasteiger partial charge < -0.3 is 14.2 Å². The van der Waals surface area contributed by atoms with Crippen molar-refractivity contribution < 1.29 is 28.6 Å². The molecule has 0 N–H and O–H groups in total. The summed E-state index contributed by atoms with van der Waals surface area (Å²) in [5.74, 6) is -1.03. The molecule has 0 amide bonds. The van der Waals surface area contributed by atoms with Crippen LogP contribution >= 0.6 is 0 Å². The number of carbonyl (C=O) groups excluding carboxylic acids is 3. The molecule has 0 aromatic rings. The average molecular weight is 1090 g/mol. The lowest BCUT2D eigenvalue weighted by atomic mass is 10.1. The molecule has 1 unspecified atom stereocenters. The molecule has 0 aromatic carbocycles. The van der Waals surface area contributed by atoms with Crippen molar-refractivity contribution in [1.82, 2.24) is 0 Å². The van der Waals surface area contributed by atoms with Gasteiger partial charge in [0.05, 0.1) is 0 Å². The summed E-state index contributed by atoms with van der Waals surface area (Å²) in [6.45, 7) is 6.25. The molecule has 0 rings (SSSR count). The summed E-state index contributed by atoms with van der Waals surface area (Å²) in [5.41, 5.74) is 0. The molecule has 0 aliphatic rings. The van der Waals surface area contributed by atoms with Crippen molar-refractivity contribution in [3.8, 4) is 0 Å². The summed E-state index contributed by atoms with van der Waals surface area (Å²) in [7, 11) is 0. The van der Waals surface area contributed by atoms with Crippen LogP contribution in [0.3, 0.4) is 0 Å². The van der Waals surface area contributed by atoms with E-state index in [1.807, 2.05) is 12.2 Å². The van der Waals surface area contributed by atoms with Crippen LogP contribution < -0.4 is 0 Å². The van der Waals surface area contributed by atoms with Crippen molar-refractivity contribution in [3.05, 3.63) is 170 Å². The fourth-order valence-corrected chi connectivity index (χ4v) is 8.04. The van der Waals surface area contributed by atoms with Gasteiger partial charge in [0.15, 0.2) is 6.10 Å². The molecule has 0 saturated heterocycles. The molecule has 0 radical (unpaired) electrons. The minimum Gasteiger partial charge on any atom is -0.462 e. The first-order chi connectivity index (χ1) is 39.0. The molecule has 79 heavy (non-hydrogen) atoms. The van der Waals surface area contributed by atoms with Gasteiger partial charge >= 0.3 is 17.9 Å². The molecular formula is C73H114O6. The number of rotatable bonds is 55. The standard InChI is InChI=1S/C73H114O6/c1-4-7-10-13-16-19-22-25-26-27-28-29-30-31-32-33-34-35-36-37-38-39-40-41-42-43-44-45-46-49-51-54-57-60-63-66-72(75)78-69-70(79-73(76)67-64-61-58-55-52-48-24-21-18-15-12-9-6-3)68-77-71(74)65-62-59-56-53-50-47-23-20-17-14-11-8-5-2/h7,9-12,14,16,18-21,23,25-26,28-29,31-32,34-35,37-38,40-41,48,52,58,61,70H,4-6,8,13,15,17,22,24,27,30,33,36,39,42-47,49-51,53-57,59-60,62-69H2,1-3H3/b10-7-,12-9-,14-11-,19-16-,21-18-,23-20-,26-25-,29-28-,32-31-,35-34-,38-37-,41-40-,52-48-,61-58-. The lowest BCUT2D eigenvalue weighted by molar-refractivity contribution is -0.166. The SMILES string of the molecule is CC/C=C\C/C=C\C/C=C\C/C=C\C/C=C\C/C=C\C/C=C\C/C=C\CCCCCCCCCCCCC(=O)OCC(COC(=O)CCCCCCC/C=C\C/C=C\CCC)OC(=O)CC/C=C\C/C=C\C/C=C\C/C=C\CC. The number of hydrogen-bond acceptors (Lipinski definition) is 6. The Morgan fingerprint density at radius 1 is 0.266 bits per heavy atom. The Balaban J connectivity index is 4.26. The second kappa shape index (κ2) is 65.3. The zero-order valence-electron chi connectivity index (χ0n) is 50.6. The number of hydrogen-bond donors (Lipinski definition) is 0. The van der Waals surface area contributed by atoms with Crippen LogP contribution in [0.5, 0.6) is 0 Å². The minimum atomic E-state index is -0.831. The Kier molecular flexibility index (Phi) is 61.0. The second-order valence-corrected chi connectivity index (χ2v) is 20.2. The quantitative estimate of drug-likeness (QED) is 0.0261. The Labute approximate surface area is 485 Å². The van der Waals surface area contributed by atoms with Gasteiger partial charge in [0.1, 0.15) is 13.2 Å². The highest BCUT2D eigenvalue weighted by Gasteiger charge is 2.19. The van der Waals surface area contributed by atoms with E-state index in [1.54, 1.807) is 0 Å². The van der Waals surface area contributed by atoms with Crippen LogP contribution in [0, 0.1) is 0 Å². The third-order valence-corrected chi connectivity index (χ3v) is 12.7. The molecule has 1 atom stereocenters. The van der Waals surface area contributed by atoms with Gasteiger partial charge in [-0.2, -0.15) is 0 Å². The first-order valence-electron chi connectivity index (χ1n) is 31.6. The molecule has 0 bridgehead atoms. The summed E-state index contributed by atoms with van der Waals surface area (Å²) in [6, 6.07) is 0. The lowest BCUT2D eigenvalue weighted by Crippen LogP contribution is -2.30. The van der Waals surface area contributed by atoms with Crippen LogP contribution in [-0.2, 0) is 28.6 Å². The molecule has 6 nitrogen and oxygen atoms in total. The Bertz CT molecular complexity index is 1820. The van der Waals surface area contributed by atoms with E-state index in [0.29, 0.717) is 19.3 Å². The predicted octanol–water partition coefficient (Wildman–Crippen LogP) is 21.9. The van der Waals surface area contributed by atoms with Gasteiger partial charge in [-0.05, 0) is 135 Å². The van der Waals surface area contributed by atoms with E-state index in [1.165, 1.54) is 51.4 Å². The molecule has 0 heterocycles. The summed E-state index contributed by atoms with van der Waals surface area (Å²) in [5, 5.41) is 0. The van der Waals surface area contributed by atoms with E-state index in [4.69, 9.17) is 14.2 Å². The Morgan fingerprint density at radius 2 is 0.519 bits per heavy atom. The number of carbonyl (C=O) groups is 3. The molecular weight excluding hydrogens is 973 g/mol. The maximum absolute atomic E-state index is 12.8. The molecule has 0 aliphatic heterocycles. The van der Waals surface area contributed by atoms with Crippen molar-refractivity contribution in [2.75, 3.05) is 13.2 Å². The first kappa shape index (κ1) is 73.8. The Hall–Kier alpha value is -5.23. The molecule has 0 spiro atoms. The maximum Gasteiger partial charge on any atom is 0.306 e. The van der Waals surface area contributed by atoms with Crippen LogP contribution in [0.25, 0.3) is 0 Å². The zero-order chi connectivity index (χ0) is 57.1. The fourth-order valence-electron chi connectivity index (χ4n) is 8.04. The van der Waals surface area contributed by atoms with Crippen LogP contribution in [0.2, 0.25) is 0 Å². The predicted molar refractivity (Wildman–Crippen MR) is 343 cm³/mol. The van der Waals surface area contributed by atoms with Crippen LogP contribution in [-0.4, -0.2) is 37.2 Å². The molecule has 6 heteroatoms. The van der Waals surface area contributed by atoms with E-state index in [0.717, 1.165) is 154 Å². The van der Waals surface area contributed by atoms with Gasteiger partial charge in [0, 0.05) is 19.3 Å².